The van der Waals surface area contributed by atoms with Crippen molar-refractivity contribution in [2.75, 3.05) is 0 Å². The van der Waals surface area contributed by atoms with E-state index in [2.05, 4.69) is 4.74 Å². The quantitative estimate of drug-likeness (QED) is 0.471. The highest BCUT2D eigenvalue weighted by atomic mass is 19.4. The van der Waals surface area contributed by atoms with Gasteiger partial charge in [-0.2, -0.15) is 22.0 Å². The molecule has 0 aromatic heterocycles. The summed E-state index contributed by atoms with van der Waals surface area (Å²) in [6.07, 6.45) is -6.16. The summed E-state index contributed by atoms with van der Waals surface area (Å²) in [5.74, 6) is -12.4. The van der Waals surface area contributed by atoms with Gasteiger partial charge in [0.1, 0.15) is 17.4 Å². The van der Waals surface area contributed by atoms with E-state index in [1.54, 1.807) is 0 Å². The molecule has 0 aliphatic rings. The molecule has 0 N–H and O–H groups in total. The monoisotopic (exact) mass is 276 g/mol. The van der Waals surface area contributed by atoms with Crippen LogP contribution in [0.4, 0.5) is 30.7 Å². The normalized spacial score (nSPS) is 12.4. The smallest absolute Gasteiger partial charge is 0.422 e. The van der Waals surface area contributed by atoms with Gasteiger partial charge in [0, 0.05) is 18.2 Å². The lowest BCUT2D eigenvalue weighted by atomic mass is 10.3. The molecule has 0 saturated carbocycles. The zero-order chi connectivity index (χ0) is 14.1. The molecule has 0 radical (unpaired) electrons. The summed E-state index contributed by atoms with van der Waals surface area (Å²) in [5, 5.41) is 0. The molecule has 0 heterocycles. The van der Waals surface area contributed by atoms with Crippen LogP contribution < -0.4 is 4.74 Å². The Hall–Kier alpha value is -1.80. The Labute approximate surface area is 95.0 Å². The van der Waals surface area contributed by atoms with Crippen molar-refractivity contribution in [3.63, 3.8) is 0 Å². The Morgan fingerprint density at radius 1 is 0.944 bits per heavy atom. The van der Waals surface area contributed by atoms with Crippen molar-refractivity contribution in [2.24, 2.45) is 0 Å². The summed E-state index contributed by atoms with van der Waals surface area (Å²) in [6, 6.07) is 0.889. The zero-order valence-corrected chi connectivity index (χ0v) is 8.19. The van der Waals surface area contributed by atoms with Gasteiger partial charge >= 0.3 is 18.1 Å². The molecule has 0 saturated heterocycles. The van der Waals surface area contributed by atoms with E-state index in [0.717, 1.165) is 0 Å². The molecule has 0 unspecified atom stereocenters. The molecule has 0 aliphatic heterocycles. The van der Waals surface area contributed by atoms with E-state index in [1.807, 2.05) is 0 Å². The minimum Gasteiger partial charge on any atom is -0.422 e. The van der Waals surface area contributed by atoms with Crippen LogP contribution in [-0.2, 0) is 4.79 Å². The van der Waals surface area contributed by atoms with Crippen molar-refractivity contribution < 1.29 is 40.3 Å². The van der Waals surface area contributed by atoms with Crippen LogP contribution in [-0.4, -0.2) is 18.1 Å². The molecule has 0 spiro atoms. The highest BCUT2D eigenvalue weighted by Crippen LogP contribution is 2.36. The van der Waals surface area contributed by atoms with Crippen LogP contribution in [0.2, 0.25) is 0 Å². The lowest BCUT2D eigenvalue weighted by Gasteiger charge is -2.17. The van der Waals surface area contributed by atoms with Crippen LogP contribution in [0.25, 0.3) is 0 Å². The van der Waals surface area contributed by atoms with Gasteiger partial charge in [-0.25, -0.2) is 13.6 Å². The third-order valence-corrected chi connectivity index (χ3v) is 1.66. The number of hydrogen-bond donors (Lipinski definition) is 0. The average molecular weight is 276 g/mol. The van der Waals surface area contributed by atoms with Crippen LogP contribution in [0.5, 0.6) is 5.75 Å². The molecular formula is C9H3F7O2. The first-order valence-corrected chi connectivity index (χ1v) is 4.17. The molecule has 1 aromatic carbocycles. The van der Waals surface area contributed by atoms with Gasteiger partial charge in [-0.3, -0.25) is 0 Å². The molecule has 1 rings (SSSR count). The van der Waals surface area contributed by atoms with E-state index in [0.29, 0.717) is 6.07 Å². The van der Waals surface area contributed by atoms with Crippen molar-refractivity contribution in [3.05, 3.63) is 29.8 Å². The number of ether oxygens (including phenoxy) is 1. The van der Waals surface area contributed by atoms with Gasteiger partial charge in [0.25, 0.3) is 0 Å². The van der Waals surface area contributed by atoms with Crippen molar-refractivity contribution in [1.82, 2.24) is 0 Å². The maximum atomic E-state index is 12.6. The molecule has 9 heteroatoms. The molecule has 100 valence electrons. The number of benzene rings is 1. The molecule has 18 heavy (non-hydrogen) atoms. The highest BCUT2D eigenvalue weighted by molar-refractivity contribution is 5.80. The maximum absolute atomic E-state index is 12.6. The minimum atomic E-state index is -6.16. The molecule has 0 aliphatic carbocycles. The van der Waals surface area contributed by atoms with Crippen LogP contribution in [0.3, 0.4) is 0 Å². The summed E-state index contributed by atoms with van der Waals surface area (Å²) >= 11 is 0. The predicted octanol–water partition coefficient (Wildman–Crippen LogP) is 3.07. The van der Waals surface area contributed by atoms with Gasteiger partial charge in [-0.15, -0.1) is 0 Å². The molecule has 0 fully saturated rings. The van der Waals surface area contributed by atoms with Gasteiger partial charge < -0.3 is 4.74 Å². The van der Waals surface area contributed by atoms with E-state index in [-0.39, 0.29) is 12.1 Å². The summed E-state index contributed by atoms with van der Waals surface area (Å²) in [4.78, 5) is 10.6. The number of carbonyl (C=O) groups is 1. The van der Waals surface area contributed by atoms with Crippen molar-refractivity contribution in [1.29, 1.82) is 0 Å². The molecule has 0 bridgehead atoms. The zero-order valence-electron chi connectivity index (χ0n) is 8.19. The van der Waals surface area contributed by atoms with Crippen molar-refractivity contribution in [3.8, 4) is 5.75 Å². The third-order valence-electron chi connectivity index (χ3n) is 1.66. The second-order valence-electron chi connectivity index (χ2n) is 3.07. The first-order valence-electron chi connectivity index (χ1n) is 4.17. The third kappa shape index (κ3) is 2.90. The van der Waals surface area contributed by atoms with Crippen LogP contribution in [0.1, 0.15) is 0 Å². The second kappa shape index (κ2) is 4.46. The Kier molecular flexibility index (Phi) is 3.54. The van der Waals surface area contributed by atoms with Gasteiger partial charge in [0.15, 0.2) is 0 Å². The van der Waals surface area contributed by atoms with Crippen LogP contribution >= 0.6 is 0 Å². The molecule has 0 amide bonds. The topological polar surface area (TPSA) is 26.3 Å². The number of hydrogen-bond acceptors (Lipinski definition) is 2. The van der Waals surface area contributed by atoms with E-state index < -0.39 is 35.5 Å². The fraction of sp³-hybridized carbons (Fsp3) is 0.222. The van der Waals surface area contributed by atoms with E-state index >= 15 is 0 Å². The van der Waals surface area contributed by atoms with Crippen molar-refractivity contribution >= 4 is 5.97 Å². The predicted molar refractivity (Wildman–Crippen MR) is 43.0 cm³/mol. The first-order chi connectivity index (χ1) is 8.04. The number of esters is 1. The maximum Gasteiger partial charge on any atom is 0.465 e. The Morgan fingerprint density at radius 3 is 1.78 bits per heavy atom. The average Bonchev–Trinajstić information content (AvgIpc) is 2.13. The Bertz CT molecular complexity index is 446. The number of rotatable bonds is 2. The highest BCUT2D eigenvalue weighted by Gasteiger charge is 2.65. The Balaban J connectivity index is 2.95. The lowest BCUT2D eigenvalue weighted by molar-refractivity contribution is -0.276. The van der Waals surface area contributed by atoms with E-state index in [1.165, 1.54) is 0 Å². The van der Waals surface area contributed by atoms with Gasteiger partial charge in [0.05, 0.1) is 0 Å². The summed E-state index contributed by atoms with van der Waals surface area (Å²) in [7, 11) is 0. The van der Waals surface area contributed by atoms with Crippen LogP contribution in [0.15, 0.2) is 18.2 Å². The van der Waals surface area contributed by atoms with Crippen LogP contribution in [0, 0.1) is 11.6 Å². The van der Waals surface area contributed by atoms with Gasteiger partial charge in [-0.1, -0.05) is 0 Å². The second-order valence-corrected chi connectivity index (χ2v) is 3.07. The molecule has 0 atom stereocenters. The van der Waals surface area contributed by atoms with Crippen molar-refractivity contribution in [2.45, 2.75) is 12.1 Å². The van der Waals surface area contributed by atoms with E-state index in [4.69, 9.17) is 0 Å². The van der Waals surface area contributed by atoms with E-state index in [9.17, 15) is 35.5 Å². The largest absolute Gasteiger partial charge is 0.465 e. The fourth-order valence-corrected chi connectivity index (χ4v) is 0.874. The SMILES string of the molecule is O=C(Oc1cc(F)cc(F)c1)C(F)(F)C(F)(F)F. The summed E-state index contributed by atoms with van der Waals surface area (Å²) in [5.41, 5.74) is 0. The number of carbonyl (C=O) groups excluding carboxylic acids is 1. The fourth-order valence-electron chi connectivity index (χ4n) is 0.874. The van der Waals surface area contributed by atoms with Gasteiger partial charge in [-0.05, 0) is 0 Å². The Morgan fingerprint density at radius 2 is 1.39 bits per heavy atom. The lowest BCUT2D eigenvalue weighted by Crippen LogP contribution is -2.46. The number of alkyl halides is 5. The minimum absolute atomic E-state index is 0.285. The number of halogens is 7. The molecule has 2 nitrogen and oxygen atoms in total. The van der Waals surface area contributed by atoms with Gasteiger partial charge in [0.2, 0.25) is 0 Å². The molecule has 1 aromatic rings. The summed E-state index contributed by atoms with van der Waals surface area (Å²) < 4.78 is 88.8. The standard InChI is InChI=1S/C9H3F7O2/c10-4-1-5(11)3-6(2-4)18-7(17)8(12,13)9(14,15)16/h1-3H. The summed E-state index contributed by atoms with van der Waals surface area (Å²) in [6.45, 7) is 0. The first kappa shape index (κ1) is 14.3. The molecular weight excluding hydrogens is 273 g/mol.